The molecule has 0 aromatic carbocycles. The van der Waals surface area contributed by atoms with Crippen LogP contribution in [0, 0.1) is 0 Å². The number of nitrogens with two attached hydrogens (primary N) is 1. The van der Waals surface area contributed by atoms with Crippen molar-refractivity contribution in [2.45, 2.75) is 25.4 Å². The first-order valence-electron chi connectivity index (χ1n) is 4.92. The van der Waals surface area contributed by atoms with Crippen LogP contribution in [-0.2, 0) is 6.54 Å². The SMILES string of the molecule is CN(Cc1cccnc1NN)C1CC1. The zero-order valence-electron chi connectivity index (χ0n) is 8.40. The van der Waals surface area contributed by atoms with E-state index in [1.165, 1.54) is 12.8 Å². The Morgan fingerprint density at radius 1 is 1.64 bits per heavy atom. The minimum Gasteiger partial charge on any atom is -0.308 e. The number of hydrogen-bond donors (Lipinski definition) is 2. The van der Waals surface area contributed by atoms with Crippen LogP contribution in [0.3, 0.4) is 0 Å². The van der Waals surface area contributed by atoms with Crippen molar-refractivity contribution in [2.75, 3.05) is 12.5 Å². The topological polar surface area (TPSA) is 54.2 Å². The van der Waals surface area contributed by atoms with Crippen LogP contribution >= 0.6 is 0 Å². The third kappa shape index (κ3) is 2.02. The Bertz CT molecular complexity index is 309. The van der Waals surface area contributed by atoms with Crippen molar-refractivity contribution in [3.63, 3.8) is 0 Å². The van der Waals surface area contributed by atoms with E-state index in [2.05, 4.69) is 28.4 Å². The number of nitrogen functional groups attached to an aromatic ring is 1. The summed E-state index contributed by atoms with van der Waals surface area (Å²) in [5, 5.41) is 0. The molecular weight excluding hydrogens is 176 g/mol. The minimum absolute atomic E-state index is 0.765. The number of anilines is 1. The van der Waals surface area contributed by atoms with Gasteiger partial charge in [-0.1, -0.05) is 6.07 Å². The highest BCUT2D eigenvalue weighted by molar-refractivity contribution is 5.42. The van der Waals surface area contributed by atoms with Gasteiger partial charge in [0.1, 0.15) is 5.82 Å². The molecule has 1 aromatic heterocycles. The molecule has 0 atom stereocenters. The number of pyridine rings is 1. The lowest BCUT2D eigenvalue weighted by molar-refractivity contribution is 0.316. The summed E-state index contributed by atoms with van der Waals surface area (Å²) in [7, 11) is 2.14. The van der Waals surface area contributed by atoms with Crippen molar-refractivity contribution in [3.05, 3.63) is 23.9 Å². The number of nitrogens with zero attached hydrogens (tertiary/aromatic N) is 2. The zero-order valence-corrected chi connectivity index (χ0v) is 8.40. The summed E-state index contributed by atoms with van der Waals surface area (Å²) in [5.74, 6) is 6.16. The molecule has 0 amide bonds. The van der Waals surface area contributed by atoms with E-state index in [0.29, 0.717) is 0 Å². The van der Waals surface area contributed by atoms with Gasteiger partial charge in [0, 0.05) is 24.3 Å². The minimum atomic E-state index is 0.765. The van der Waals surface area contributed by atoms with Gasteiger partial charge >= 0.3 is 0 Å². The van der Waals surface area contributed by atoms with Crippen LogP contribution in [0.4, 0.5) is 5.82 Å². The molecule has 1 saturated carbocycles. The second-order valence-electron chi connectivity index (χ2n) is 3.80. The molecular formula is C10H16N4. The molecule has 1 aromatic rings. The Kier molecular flexibility index (Phi) is 2.65. The Hall–Kier alpha value is -1.13. The van der Waals surface area contributed by atoms with Gasteiger partial charge in [-0.15, -0.1) is 0 Å². The van der Waals surface area contributed by atoms with E-state index in [-0.39, 0.29) is 0 Å². The lowest BCUT2D eigenvalue weighted by atomic mass is 10.2. The molecule has 0 saturated heterocycles. The maximum absolute atomic E-state index is 5.39. The second-order valence-corrected chi connectivity index (χ2v) is 3.80. The lowest BCUT2D eigenvalue weighted by Gasteiger charge is -2.17. The summed E-state index contributed by atoms with van der Waals surface area (Å²) in [6, 6.07) is 4.76. The summed E-state index contributed by atoms with van der Waals surface area (Å²) < 4.78 is 0. The molecule has 0 aliphatic heterocycles. The molecule has 3 N–H and O–H groups in total. The number of nitrogens with one attached hydrogen (secondary N) is 1. The largest absolute Gasteiger partial charge is 0.308 e. The maximum Gasteiger partial charge on any atom is 0.144 e. The fraction of sp³-hybridized carbons (Fsp3) is 0.500. The van der Waals surface area contributed by atoms with Gasteiger partial charge in [-0.2, -0.15) is 0 Å². The van der Waals surface area contributed by atoms with E-state index in [0.717, 1.165) is 24.0 Å². The average Bonchev–Trinajstić information content (AvgIpc) is 3.02. The summed E-state index contributed by atoms with van der Waals surface area (Å²) in [6.45, 7) is 0.915. The van der Waals surface area contributed by atoms with Gasteiger partial charge < -0.3 is 5.43 Å². The lowest BCUT2D eigenvalue weighted by Crippen LogP contribution is -2.21. The molecule has 4 nitrogen and oxygen atoms in total. The molecule has 0 radical (unpaired) electrons. The highest BCUT2D eigenvalue weighted by Crippen LogP contribution is 2.27. The predicted octanol–water partition coefficient (Wildman–Crippen LogP) is 0.961. The van der Waals surface area contributed by atoms with Crippen LogP contribution in [0.5, 0.6) is 0 Å². The van der Waals surface area contributed by atoms with Crippen LogP contribution in [0.25, 0.3) is 0 Å². The Morgan fingerprint density at radius 3 is 3.07 bits per heavy atom. The highest BCUT2D eigenvalue weighted by atomic mass is 15.3. The van der Waals surface area contributed by atoms with Crippen molar-refractivity contribution < 1.29 is 0 Å². The molecule has 4 heteroatoms. The van der Waals surface area contributed by atoms with Crippen LogP contribution in [0.1, 0.15) is 18.4 Å². The smallest absolute Gasteiger partial charge is 0.144 e. The Morgan fingerprint density at radius 2 is 2.43 bits per heavy atom. The van der Waals surface area contributed by atoms with E-state index in [1.54, 1.807) is 6.20 Å². The van der Waals surface area contributed by atoms with Crippen molar-refractivity contribution in [3.8, 4) is 0 Å². The molecule has 0 unspecified atom stereocenters. The molecule has 0 spiro atoms. The number of aromatic nitrogens is 1. The molecule has 14 heavy (non-hydrogen) atoms. The van der Waals surface area contributed by atoms with E-state index in [4.69, 9.17) is 5.84 Å². The fourth-order valence-electron chi connectivity index (χ4n) is 1.61. The summed E-state index contributed by atoms with van der Waals surface area (Å²) in [5.41, 5.74) is 3.78. The Labute approximate surface area is 84.1 Å². The van der Waals surface area contributed by atoms with Crippen molar-refractivity contribution in [1.82, 2.24) is 9.88 Å². The molecule has 1 heterocycles. The number of rotatable bonds is 4. The van der Waals surface area contributed by atoms with Crippen molar-refractivity contribution in [2.24, 2.45) is 5.84 Å². The molecule has 76 valence electrons. The van der Waals surface area contributed by atoms with Gasteiger partial charge in [0.25, 0.3) is 0 Å². The van der Waals surface area contributed by atoms with Crippen molar-refractivity contribution in [1.29, 1.82) is 0 Å². The standard InChI is InChI=1S/C10H16N4/c1-14(9-4-5-9)7-8-3-2-6-12-10(8)13-11/h2-3,6,9H,4-5,7,11H2,1H3,(H,12,13). The first kappa shape index (κ1) is 9.43. The number of hydrogen-bond acceptors (Lipinski definition) is 4. The van der Waals surface area contributed by atoms with Crippen LogP contribution in [0.2, 0.25) is 0 Å². The predicted molar refractivity (Wildman–Crippen MR) is 56.5 cm³/mol. The maximum atomic E-state index is 5.39. The molecule has 1 aliphatic carbocycles. The quantitative estimate of drug-likeness (QED) is 0.551. The van der Waals surface area contributed by atoms with Crippen LogP contribution < -0.4 is 11.3 Å². The first-order chi connectivity index (χ1) is 6.81. The van der Waals surface area contributed by atoms with Gasteiger partial charge in [0.05, 0.1) is 0 Å². The van der Waals surface area contributed by atoms with E-state index < -0.39 is 0 Å². The van der Waals surface area contributed by atoms with E-state index in [1.807, 2.05) is 6.07 Å². The van der Waals surface area contributed by atoms with Gasteiger partial charge in [-0.25, -0.2) is 10.8 Å². The van der Waals surface area contributed by atoms with E-state index in [9.17, 15) is 0 Å². The third-order valence-electron chi connectivity index (χ3n) is 2.62. The molecule has 1 aliphatic rings. The van der Waals surface area contributed by atoms with Gasteiger partial charge in [0.2, 0.25) is 0 Å². The summed E-state index contributed by atoms with van der Waals surface area (Å²) >= 11 is 0. The second kappa shape index (κ2) is 3.94. The van der Waals surface area contributed by atoms with Gasteiger partial charge in [-0.3, -0.25) is 4.90 Å². The highest BCUT2D eigenvalue weighted by Gasteiger charge is 2.26. The molecule has 0 bridgehead atoms. The zero-order chi connectivity index (χ0) is 9.97. The normalized spacial score (nSPS) is 15.9. The summed E-state index contributed by atoms with van der Waals surface area (Å²) in [6.07, 6.45) is 4.39. The van der Waals surface area contributed by atoms with Gasteiger partial charge in [0.15, 0.2) is 0 Å². The summed E-state index contributed by atoms with van der Waals surface area (Å²) in [4.78, 5) is 6.51. The first-order valence-corrected chi connectivity index (χ1v) is 4.92. The van der Waals surface area contributed by atoms with Crippen molar-refractivity contribution >= 4 is 5.82 Å². The molecule has 2 rings (SSSR count). The fourth-order valence-corrected chi connectivity index (χ4v) is 1.61. The Balaban J connectivity index is 2.06. The third-order valence-corrected chi connectivity index (χ3v) is 2.62. The number of hydrazine groups is 1. The van der Waals surface area contributed by atoms with Crippen LogP contribution in [0.15, 0.2) is 18.3 Å². The van der Waals surface area contributed by atoms with Gasteiger partial charge in [-0.05, 0) is 26.0 Å². The molecule has 1 fully saturated rings. The van der Waals surface area contributed by atoms with E-state index >= 15 is 0 Å². The monoisotopic (exact) mass is 192 g/mol. The average molecular weight is 192 g/mol. The van der Waals surface area contributed by atoms with Crippen LogP contribution in [-0.4, -0.2) is 23.0 Å².